The third kappa shape index (κ3) is 3.99. The zero-order chi connectivity index (χ0) is 11.1. The average molecular weight is 198 g/mol. The standard InChI is InChI=1S/C15H18/c1-4-5-6-7-8-9-15-11-10-13(2)12-14(15)3/h4-8,10-12H,1,9H2,2-3H3/b6-5-,8-7-. The van der Waals surface area contributed by atoms with Gasteiger partial charge >= 0.3 is 0 Å². The van der Waals surface area contributed by atoms with Gasteiger partial charge in [0.1, 0.15) is 0 Å². The van der Waals surface area contributed by atoms with Crippen LogP contribution < -0.4 is 0 Å². The van der Waals surface area contributed by atoms with Gasteiger partial charge in [-0.05, 0) is 31.4 Å². The Labute approximate surface area is 92.6 Å². The molecule has 0 saturated carbocycles. The fourth-order valence-electron chi connectivity index (χ4n) is 1.49. The molecule has 0 aliphatic heterocycles. The number of rotatable bonds is 4. The van der Waals surface area contributed by atoms with Crippen molar-refractivity contribution in [3.8, 4) is 0 Å². The van der Waals surface area contributed by atoms with Gasteiger partial charge in [0, 0.05) is 0 Å². The van der Waals surface area contributed by atoms with Crippen LogP contribution in [0.1, 0.15) is 16.7 Å². The lowest BCUT2D eigenvalue weighted by molar-refractivity contribution is 1.20. The van der Waals surface area contributed by atoms with E-state index < -0.39 is 0 Å². The van der Waals surface area contributed by atoms with Crippen molar-refractivity contribution in [1.82, 2.24) is 0 Å². The van der Waals surface area contributed by atoms with Gasteiger partial charge in [-0.1, -0.05) is 60.7 Å². The van der Waals surface area contributed by atoms with Crippen LogP contribution in [-0.2, 0) is 6.42 Å². The maximum absolute atomic E-state index is 3.62. The minimum absolute atomic E-state index is 0.994. The largest absolute Gasteiger partial charge is 0.0991 e. The van der Waals surface area contributed by atoms with Gasteiger partial charge in [0.25, 0.3) is 0 Å². The molecule has 0 aliphatic carbocycles. The van der Waals surface area contributed by atoms with Gasteiger partial charge in [-0.15, -0.1) is 0 Å². The Morgan fingerprint density at radius 1 is 1.13 bits per heavy atom. The molecule has 0 N–H and O–H groups in total. The summed E-state index contributed by atoms with van der Waals surface area (Å²) in [5.74, 6) is 0. The summed E-state index contributed by atoms with van der Waals surface area (Å²) in [4.78, 5) is 0. The van der Waals surface area contributed by atoms with Crippen molar-refractivity contribution in [2.45, 2.75) is 20.3 Å². The van der Waals surface area contributed by atoms with Crippen molar-refractivity contribution < 1.29 is 0 Å². The fraction of sp³-hybridized carbons (Fsp3) is 0.200. The molecule has 15 heavy (non-hydrogen) atoms. The highest BCUT2D eigenvalue weighted by atomic mass is 14.0. The summed E-state index contributed by atoms with van der Waals surface area (Å²) >= 11 is 0. The van der Waals surface area contributed by atoms with Crippen LogP contribution in [-0.4, -0.2) is 0 Å². The molecule has 0 radical (unpaired) electrons. The number of hydrogen-bond donors (Lipinski definition) is 0. The lowest BCUT2D eigenvalue weighted by Crippen LogP contribution is -1.87. The number of allylic oxidation sites excluding steroid dienone is 5. The topological polar surface area (TPSA) is 0 Å². The zero-order valence-electron chi connectivity index (χ0n) is 9.53. The van der Waals surface area contributed by atoms with E-state index in [0.29, 0.717) is 0 Å². The lowest BCUT2D eigenvalue weighted by atomic mass is 10.0. The summed E-state index contributed by atoms with van der Waals surface area (Å²) in [6.45, 7) is 7.91. The maximum atomic E-state index is 3.62. The Morgan fingerprint density at radius 2 is 1.93 bits per heavy atom. The second-order valence-corrected chi connectivity index (χ2v) is 3.68. The number of aryl methyl sites for hydroxylation is 2. The second-order valence-electron chi connectivity index (χ2n) is 3.68. The Kier molecular flexibility index (Phi) is 4.62. The van der Waals surface area contributed by atoms with Crippen molar-refractivity contribution >= 4 is 0 Å². The summed E-state index contributed by atoms with van der Waals surface area (Å²) in [6.07, 6.45) is 10.9. The molecule has 0 bridgehead atoms. The molecule has 0 aromatic heterocycles. The lowest BCUT2D eigenvalue weighted by Gasteiger charge is -2.03. The summed E-state index contributed by atoms with van der Waals surface area (Å²) < 4.78 is 0. The van der Waals surface area contributed by atoms with Gasteiger partial charge in [0.2, 0.25) is 0 Å². The van der Waals surface area contributed by atoms with E-state index in [-0.39, 0.29) is 0 Å². The highest BCUT2D eigenvalue weighted by molar-refractivity contribution is 5.32. The Balaban J connectivity index is 2.61. The van der Waals surface area contributed by atoms with Crippen LogP contribution in [0.5, 0.6) is 0 Å². The summed E-state index contributed by atoms with van der Waals surface area (Å²) in [6, 6.07) is 6.59. The van der Waals surface area contributed by atoms with E-state index in [1.54, 1.807) is 6.08 Å². The molecule has 0 spiro atoms. The third-order valence-electron chi connectivity index (χ3n) is 2.33. The van der Waals surface area contributed by atoms with Gasteiger partial charge in [-0.3, -0.25) is 0 Å². The molecule has 0 aliphatic rings. The predicted molar refractivity (Wildman–Crippen MR) is 68.1 cm³/mol. The van der Waals surface area contributed by atoms with Gasteiger partial charge in [-0.2, -0.15) is 0 Å². The van der Waals surface area contributed by atoms with Crippen molar-refractivity contribution in [2.24, 2.45) is 0 Å². The molecule has 0 atom stereocenters. The van der Waals surface area contributed by atoms with E-state index in [0.717, 1.165) is 6.42 Å². The van der Waals surface area contributed by atoms with E-state index in [9.17, 15) is 0 Å². The van der Waals surface area contributed by atoms with Crippen LogP contribution in [0.25, 0.3) is 0 Å². The Hall–Kier alpha value is -1.56. The van der Waals surface area contributed by atoms with E-state index in [1.807, 2.05) is 12.2 Å². The molecule has 0 heterocycles. The molecule has 0 unspecified atom stereocenters. The summed E-state index contributed by atoms with van der Waals surface area (Å²) in [5.41, 5.74) is 4.09. The maximum Gasteiger partial charge on any atom is -0.00917 e. The molecule has 1 rings (SSSR count). The zero-order valence-corrected chi connectivity index (χ0v) is 9.53. The Bertz CT molecular complexity index is 381. The van der Waals surface area contributed by atoms with Crippen LogP contribution >= 0.6 is 0 Å². The molecule has 0 saturated heterocycles. The molecule has 78 valence electrons. The van der Waals surface area contributed by atoms with E-state index >= 15 is 0 Å². The van der Waals surface area contributed by atoms with Crippen molar-refractivity contribution in [3.63, 3.8) is 0 Å². The predicted octanol–water partition coefficient (Wildman–Crippen LogP) is 4.14. The summed E-state index contributed by atoms with van der Waals surface area (Å²) in [7, 11) is 0. The van der Waals surface area contributed by atoms with E-state index in [1.165, 1.54) is 16.7 Å². The van der Waals surface area contributed by atoms with Crippen LogP contribution in [0.4, 0.5) is 0 Å². The number of benzene rings is 1. The molecule has 1 aromatic carbocycles. The van der Waals surface area contributed by atoms with Crippen LogP contribution in [0.3, 0.4) is 0 Å². The van der Waals surface area contributed by atoms with Gasteiger partial charge < -0.3 is 0 Å². The molecule has 1 aromatic rings. The minimum Gasteiger partial charge on any atom is -0.0991 e. The van der Waals surface area contributed by atoms with E-state index in [2.05, 4.69) is 50.8 Å². The fourth-order valence-corrected chi connectivity index (χ4v) is 1.49. The highest BCUT2D eigenvalue weighted by Crippen LogP contribution is 2.11. The van der Waals surface area contributed by atoms with E-state index in [4.69, 9.17) is 0 Å². The molecular weight excluding hydrogens is 180 g/mol. The monoisotopic (exact) mass is 198 g/mol. The van der Waals surface area contributed by atoms with Crippen molar-refractivity contribution in [2.75, 3.05) is 0 Å². The average Bonchev–Trinajstić information content (AvgIpc) is 2.20. The quantitative estimate of drug-likeness (QED) is 0.638. The molecule has 0 fully saturated rings. The first-order chi connectivity index (χ1) is 7.24. The van der Waals surface area contributed by atoms with Crippen molar-refractivity contribution in [3.05, 3.63) is 71.8 Å². The van der Waals surface area contributed by atoms with Gasteiger partial charge in [-0.25, -0.2) is 0 Å². The molecule has 0 amide bonds. The normalized spacial score (nSPS) is 11.3. The van der Waals surface area contributed by atoms with Gasteiger partial charge in [0.15, 0.2) is 0 Å². The highest BCUT2D eigenvalue weighted by Gasteiger charge is 1.94. The van der Waals surface area contributed by atoms with Crippen LogP contribution in [0.2, 0.25) is 0 Å². The summed E-state index contributed by atoms with van der Waals surface area (Å²) in [5, 5.41) is 0. The molecule has 0 heteroatoms. The second kappa shape index (κ2) is 6.02. The van der Waals surface area contributed by atoms with Crippen LogP contribution in [0, 0.1) is 13.8 Å². The first-order valence-electron chi connectivity index (χ1n) is 5.24. The van der Waals surface area contributed by atoms with Crippen LogP contribution in [0.15, 0.2) is 55.2 Å². The molecular formula is C15H18. The molecule has 0 nitrogen and oxygen atoms in total. The third-order valence-corrected chi connectivity index (χ3v) is 2.33. The van der Waals surface area contributed by atoms with Gasteiger partial charge in [0.05, 0.1) is 0 Å². The number of hydrogen-bond acceptors (Lipinski definition) is 0. The smallest absolute Gasteiger partial charge is 0.00917 e. The first-order valence-corrected chi connectivity index (χ1v) is 5.24. The van der Waals surface area contributed by atoms with Crippen molar-refractivity contribution in [1.29, 1.82) is 0 Å². The SMILES string of the molecule is C=C/C=C\C=C/Cc1ccc(C)cc1C. The Morgan fingerprint density at radius 3 is 2.60 bits per heavy atom. The first kappa shape index (κ1) is 11.5. The minimum atomic E-state index is 0.994.